The van der Waals surface area contributed by atoms with Gasteiger partial charge in [-0.15, -0.1) is 0 Å². The van der Waals surface area contributed by atoms with E-state index in [1.807, 2.05) is 0 Å². The molecule has 4 heteroatoms. The summed E-state index contributed by atoms with van der Waals surface area (Å²) in [6.45, 7) is 3.52. The lowest BCUT2D eigenvalue weighted by Crippen LogP contribution is -2.40. The van der Waals surface area contributed by atoms with Crippen LogP contribution in [0.5, 0.6) is 0 Å². The zero-order chi connectivity index (χ0) is 9.86. The maximum absolute atomic E-state index is 8.42. The van der Waals surface area contributed by atoms with E-state index in [1.165, 1.54) is 0 Å². The first-order chi connectivity index (χ1) is 6.87. The number of rotatable bonds is 4. The topological polar surface area (TPSA) is 45.5 Å². The lowest BCUT2D eigenvalue weighted by molar-refractivity contribution is -0.235. The van der Waals surface area contributed by atoms with Crippen LogP contribution in [0, 0.1) is 11.3 Å². The van der Waals surface area contributed by atoms with Gasteiger partial charge in [-0.1, -0.05) is 0 Å². The molecule has 0 aromatic carbocycles. The van der Waals surface area contributed by atoms with Crippen LogP contribution in [0.4, 0.5) is 0 Å². The van der Waals surface area contributed by atoms with E-state index in [2.05, 4.69) is 11.0 Å². The van der Waals surface area contributed by atoms with Gasteiger partial charge >= 0.3 is 0 Å². The van der Waals surface area contributed by atoms with Crippen LogP contribution < -0.4 is 0 Å². The Bertz CT molecular complexity index is 227. The molecule has 78 valence electrons. The lowest BCUT2D eigenvalue weighted by Gasteiger charge is -2.28. The number of ether oxygens (including phenoxy) is 2. The maximum atomic E-state index is 8.42. The highest BCUT2D eigenvalue weighted by atomic mass is 16.7. The van der Waals surface area contributed by atoms with Crippen molar-refractivity contribution in [2.24, 2.45) is 0 Å². The van der Waals surface area contributed by atoms with Crippen LogP contribution in [0.2, 0.25) is 0 Å². The number of fused-ring (bicyclic) bond motifs is 1. The van der Waals surface area contributed by atoms with Gasteiger partial charge in [0.25, 0.3) is 0 Å². The average Bonchev–Trinajstić information content (AvgIpc) is 2.71. The highest BCUT2D eigenvalue weighted by molar-refractivity contribution is 4.83. The van der Waals surface area contributed by atoms with Crippen LogP contribution >= 0.6 is 0 Å². The van der Waals surface area contributed by atoms with Crippen molar-refractivity contribution in [2.75, 3.05) is 26.3 Å². The van der Waals surface area contributed by atoms with Gasteiger partial charge in [-0.3, -0.25) is 0 Å². The third-order valence-corrected chi connectivity index (χ3v) is 2.89. The van der Waals surface area contributed by atoms with E-state index in [0.29, 0.717) is 6.42 Å². The lowest BCUT2D eigenvalue weighted by atomic mass is 10.1. The summed E-state index contributed by atoms with van der Waals surface area (Å²) in [5, 5.41) is 8.42. The molecule has 4 nitrogen and oxygen atoms in total. The summed E-state index contributed by atoms with van der Waals surface area (Å²) >= 11 is 0. The normalized spacial score (nSPS) is 24.8. The molecule has 0 unspecified atom stereocenters. The minimum Gasteiger partial charge on any atom is -0.336 e. The van der Waals surface area contributed by atoms with Gasteiger partial charge in [0.05, 0.1) is 19.3 Å². The molecule has 2 aliphatic rings. The van der Waals surface area contributed by atoms with Crippen molar-refractivity contribution in [2.45, 2.75) is 31.6 Å². The highest BCUT2D eigenvalue weighted by Gasteiger charge is 2.46. The summed E-state index contributed by atoms with van der Waals surface area (Å²) in [6, 6.07) is 2.16. The second-order valence-corrected chi connectivity index (χ2v) is 3.76. The van der Waals surface area contributed by atoms with Crippen LogP contribution in [0.15, 0.2) is 0 Å². The van der Waals surface area contributed by atoms with Crippen molar-refractivity contribution in [3.05, 3.63) is 0 Å². The Kier molecular flexibility index (Phi) is 3.02. The minimum absolute atomic E-state index is 0.421. The molecule has 0 saturated carbocycles. The molecule has 0 aromatic rings. The molecule has 0 aliphatic carbocycles. The van der Waals surface area contributed by atoms with Crippen molar-refractivity contribution in [1.29, 1.82) is 5.26 Å². The fourth-order valence-corrected chi connectivity index (χ4v) is 2.16. The predicted octanol–water partition coefficient (Wildman–Crippen LogP) is 1.09. The van der Waals surface area contributed by atoms with Gasteiger partial charge in [-0.05, 0) is 12.8 Å². The summed E-state index contributed by atoms with van der Waals surface area (Å²) in [4.78, 5) is 2.26. The Morgan fingerprint density at radius 3 is 2.57 bits per heavy atom. The molecule has 0 amide bonds. The fourth-order valence-electron chi connectivity index (χ4n) is 2.16. The van der Waals surface area contributed by atoms with E-state index in [1.54, 1.807) is 0 Å². The molecule has 2 rings (SSSR count). The van der Waals surface area contributed by atoms with Crippen molar-refractivity contribution >= 4 is 0 Å². The summed E-state index contributed by atoms with van der Waals surface area (Å²) in [7, 11) is 0. The largest absolute Gasteiger partial charge is 0.336 e. The van der Waals surface area contributed by atoms with Gasteiger partial charge < -0.3 is 9.47 Å². The van der Waals surface area contributed by atoms with Crippen molar-refractivity contribution in [3.63, 3.8) is 0 Å². The molecule has 2 saturated heterocycles. The Morgan fingerprint density at radius 1 is 1.21 bits per heavy atom. The third-order valence-electron chi connectivity index (χ3n) is 2.89. The number of nitriles is 1. The Balaban J connectivity index is 1.80. The van der Waals surface area contributed by atoms with Crippen LogP contribution in [-0.4, -0.2) is 37.1 Å². The fraction of sp³-hybridized carbons (Fsp3) is 0.900. The maximum Gasteiger partial charge on any atom is 0.230 e. The molecule has 0 spiro atoms. The summed E-state index contributed by atoms with van der Waals surface area (Å²) in [5.41, 5.74) is 0. The van der Waals surface area contributed by atoms with E-state index in [9.17, 15) is 0 Å². The quantitative estimate of drug-likeness (QED) is 0.631. The first kappa shape index (κ1) is 9.91. The van der Waals surface area contributed by atoms with Crippen LogP contribution in [-0.2, 0) is 9.47 Å². The van der Waals surface area contributed by atoms with Crippen molar-refractivity contribution < 1.29 is 9.47 Å². The second-order valence-electron chi connectivity index (χ2n) is 3.76. The molecule has 2 fully saturated rings. The number of unbranched alkanes of at least 4 members (excludes halogenated alkanes) is 2. The monoisotopic (exact) mass is 196 g/mol. The smallest absolute Gasteiger partial charge is 0.230 e. The van der Waals surface area contributed by atoms with E-state index in [4.69, 9.17) is 14.7 Å². The first-order valence-electron chi connectivity index (χ1n) is 5.27. The van der Waals surface area contributed by atoms with Crippen LogP contribution in [0.25, 0.3) is 0 Å². The van der Waals surface area contributed by atoms with Crippen molar-refractivity contribution in [1.82, 2.24) is 4.90 Å². The van der Waals surface area contributed by atoms with E-state index in [-0.39, 0.29) is 0 Å². The zero-order valence-electron chi connectivity index (χ0n) is 8.37. The summed E-state index contributed by atoms with van der Waals surface area (Å²) in [5.74, 6) is -0.421. The SMILES string of the molecule is N#CCCCCC12OCCN1CCO2. The van der Waals surface area contributed by atoms with Gasteiger partial charge in [0.1, 0.15) is 0 Å². The predicted molar refractivity (Wildman–Crippen MR) is 50.3 cm³/mol. The molecule has 2 aliphatic heterocycles. The standard InChI is InChI=1S/C10H16N2O2/c11-5-3-1-2-4-10-12(6-8-13-10)7-9-14-10/h1-4,6-9H2. The molecule has 0 radical (unpaired) electrons. The molecule has 14 heavy (non-hydrogen) atoms. The average molecular weight is 196 g/mol. The highest BCUT2D eigenvalue weighted by Crippen LogP contribution is 2.34. The third kappa shape index (κ3) is 1.76. The first-order valence-corrected chi connectivity index (χ1v) is 5.27. The molecule has 2 heterocycles. The number of nitrogens with zero attached hydrogens (tertiary/aromatic N) is 2. The van der Waals surface area contributed by atoms with Crippen LogP contribution in [0.1, 0.15) is 25.7 Å². The van der Waals surface area contributed by atoms with Crippen LogP contribution in [0.3, 0.4) is 0 Å². The van der Waals surface area contributed by atoms with Gasteiger partial charge in [-0.2, -0.15) is 5.26 Å². The summed E-state index contributed by atoms with van der Waals surface area (Å²) in [6.07, 6.45) is 3.48. The Labute approximate surface area is 84.4 Å². The summed E-state index contributed by atoms with van der Waals surface area (Å²) < 4.78 is 11.3. The molecular formula is C10H16N2O2. The van der Waals surface area contributed by atoms with E-state index >= 15 is 0 Å². The van der Waals surface area contributed by atoms with Gasteiger partial charge in [0.2, 0.25) is 5.91 Å². The number of hydrogen-bond donors (Lipinski definition) is 0. The molecule has 0 atom stereocenters. The molecule has 0 aromatic heterocycles. The number of hydrogen-bond acceptors (Lipinski definition) is 4. The molecular weight excluding hydrogens is 180 g/mol. The zero-order valence-corrected chi connectivity index (χ0v) is 8.37. The van der Waals surface area contributed by atoms with Gasteiger partial charge in [-0.25, -0.2) is 4.90 Å². The molecule has 0 N–H and O–H groups in total. The Morgan fingerprint density at radius 2 is 1.93 bits per heavy atom. The van der Waals surface area contributed by atoms with E-state index in [0.717, 1.165) is 45.6 Å². The van der Waals surface area contributed by atoms with Gasteiger partial charge in [0.15, 0.2) is 0 Å². The second kappa shape index (κ2) is 4.26. The van der Waals surface area contributed by atoms with Crippen molar-refractivity contribution in [3.8, 4) is 6.07 Å². The van der Waals surface area contributed by atoms with Gasteiger partial charge in [0, 0.05) is 25.9 Å². The minimum atomic E-state index is -0.421. The Hall–Kier alpha value is -0.630. The molecule has 0 bridgehead atoms. The van der Waals surface area contributed by atoms with E-state index < -0.39 is 5.91 Å².